The van der Waals surface area contributed by atoms with Gasteiger partial charge in [0, 0.05) is 6.08 Å². The van der Waals surface area contributed by atoms with E-state index in [1.54, 1.807) is 48.5 Å². The number of fused-ring (bicyclic) bond motifs is 1. The standard InChI is InChI=1S/C24H20N2O7/c1-2-30-17-8-10-18(11-9-17)33-21-6-4-3-5-19(21)25-24(27)12-7-16-13-22-23(32-15-31-22)14-20(16)26(28)29/h3-14H,2,15H2,1H3,(H,25,27)/b12-7+. The van der Waals surface area contributed by atoms with Crippen LogP contribution in [0.15, 0.2) is 66.7 Å². The highest BCUT2D eigenvalue weighted by atomic mass is 16.7. The van der Waals surface area contributed by atoms with Gasteiger partial charge in [-0.3, -0.25) is 14.9 Å². The molecule has 1 heterocycles. The van der Waals surface area contributed by atoms with E-state index in [4.69, 9.17) is 18.9 Å². The molecule has 1 aliphatic rings. The molecule has 1 amide bonds. The average molecular weight is 448 g/mol. The van der Waals surface area contributed by atoms with Crippen molar-refractivity contribution in [1.29, 1.82) is 0 Å². The third-order valence-corrected chi connectivity index (χ3v) is 4.64. The Hall–Kier alpha value is -4.53. The fraction of sp³-hybridized carbons (Fsp3) is 0.125. The number of amides is 1. The van der Waals surface area contributed by atoms with E-state index >= 15 is 0 Å². The summed E-state index contributed by atoms with van der Waals surface area (Å²) >= 11 is 0. The van der Waals surface area contributed by atoms with Gasteiger partial charge in [-0.15, -0.1) is 0 Å². The fourth-order valence-corrected chi connectivity index (χ4v) is 3.13. The Bertz CT molecular complexity index is 1210. The first-order chi connectivity index (χ1) is 16.0. The van der Waals surface area contributed by atoms with Crippen molar-refractivity contribution in [3.63, 3.8) is 0 Å². The molecule has 3 aromatic carbocycles. The van der Waals surface area contributed by atoms with Crippen LogP contribution in [0.5, 0.6) is 28.7 Å². The Morgan fingerprint density at radius 3 is 2.52 bits per heavy atom. The van der Waals surface area contributed by atoms with Gasteiger partial charge in [0.05, 0.1) is 28.8 Å². The van der Waals surface area contributed by atoms with Crippen LogP contribution in [0.2, 0.25) is 0 Å². The number of rotatable bonds is 8. The van der Waals surface area contributed by atoms with E-state index in [9.17, 15) is 14.9 Å². The van der Waals surface area contributed by atoms with E-state index < -0.39 is 10.8 Å². The lowest BCUT2D eigenvalue weighted by Gasteiger charge is -2.12. The number of nitrogens with one attached hydrogen (secondary N) is 1. The van der Waals surface area contributed by atoms with E-state index in [-0.39, 0.29) is 18.0 Å². The topological polar surface area (TPSA) is 109 Å². The zero-order valence-corrected chi connectivity index (χ0v) is 17.6. The molecule has 0 bridgehead atoms. The van der Waals surface area contributed by atoms with Gasteiger partial charge in [0.2, 0.25) is 12.7 Å². The Balaban J connectivity index is 1.48. The average Bonchev–Trinajstić information content (AvgIpc) is 3.27. The molecule has 0 aromatic heterocycles. The summed E-state index contributed by atoms with van der Waals surface area (Å²) in [7, 11) is 0. The summed E-state index contributed by atoms with van der Waals surface area (Å²) in [4.78, 5) is 23.4. The Kier molecular flexibility index (Phi) is 6.40. The number of nitro benzene ring substituents is 1. The van der Waals surface area contributed by atoms with Gasteiger partial charge >= 0.3 is 0 Å². The van der Waals surface area contributed by atoms with Gasteiger partial charge in [0.1, 0.15) is 11.5 Å². The summed E-state index contributed by atoms with van der Waals surface area (Å²) < 4.78 is 21.8. The molecule has 0 aliphatic carbocycles. The largest absolute Gasteiger partial charge is 0.494 e. The van der Waals surface area contributed by atoms with Gasteiger partial charge in [-0.25, -0.2) is 0 Å². The van der Waals surface area contributed by atoms with E-state index in [1.807, 2.05) is 6.92 Å². The SMILES string of the molecule is CCOc1ccc(Oc2ccccc2NC(=O)/C=C/c2cc3c(cc2[N+](=O)[O-])OCO3)cc1. The summed E-state index contributed by atoms with van der Waals surface area (Å²) in [5, 5.41) is 14.1. The molecular weight excluding hydrogens is 428 g/mol. The van der Waals surface area contributed by atoms with Gasteiger partial charge in [-0.05, 0) is 55.5 Å². The van der Waals surface area contributed by atoms with Crippen molar-refractivity contribution in [1.82, 2.24) is 0 Å². The maximum Gasteiger partial charge on any atom is 0.280 e. The normalized spacial score (nSPS) is 11.9. The van der Waals surface area contributed by atoms with Crippen LogP contribution in [0.1, 0.15) is 12.5 Å². The minimum atomic E-state index is -0.542. The predicted octanol–water partition coefficient (Wildman–Crippen LogP) is 5.17. The zero-order valence-electron chi connectivity index (χ0n) is 17.6. The molecule has 3 aromatic rings. The number of ether oxygens (including phenoxy) is 4. The monoisotopic (exact) mass is 448 g/mol. The van der Waals surface area contributed by atoms with Gasteiger partial charge in [-0.2, -0.15) is 0 Å². The van der Waals surface area contributed by atoms with Crippen molar-refractivity contribution >= 4 is 23.4 Å². The number of carbonyl (C=O) groups excluding carboxylic acids is 1. The summed E-state index contributed by atoms with van der Waals surface area (Å²) in [6.07, 6.45) is 2.56. The molecule has 0 radical (unpaired) electrons. The summed E-state index contributed by atoms with van der Waals surface area (Å²) in [5.74, 6) is 1.95. The van der Waals surface area contributed by atoms with Crippen LogP contribution in [0, 0.1) is 10.1 Å². The molecule has 33 heavy (non-hydrogen) atoms. The van der Waals surface area contributed by atoms with E-state index in [0.29, 0.717) is 35.3 Å². The molecule has 168 valence electrons. The Morgan fingerprint density at radius 2 is 1.79 bits per heavy atom. The summed E-state index contributed by atoms with van der Waals surface area (Å²) in [6, 6.07) is 16.8. The number of carbonyl (C=O) groups is 1. The third kappa shape index (κ3) is 5.21. The van der Waals surface area contributed by atoms with E-state index in [0.717, 1.165) is 5.75 Å². The molecule has 4 rings (SSSR count). The smallest absolute Gasteiger partial charge is 0.280 e. The van der Waals surface area contributed by atoms with Crippen LogP contribution in [0.4, 0.5) is 11.4 Å². The summed E-state index contributed by atoms with van der Waals surface area (Å²) in [5.41, 5.74) is 0.474. The maximum atomic E-state index is 12.5. The lowest BCUT2D eigenvalue weighted by Crippen LogP contribution is -2.08. The second-order valence-corrected chi connectivity index (χ2v) is 6.85. The lowest BCUT2D eigenvalue weighted by molar-refractivity contribution is -0.385. The first-order valence-corrected chi connectivity index (χ1v) is 10.1. The highest BCUT2D eigenvalue weighted by Gasteiger charge is 2.22. The molecule has 0 saturated carbocycles. The highest BCUT2D eigenvalue weighted by molar-refractivity contribution is 6.03. The molecule has 9 nitrogen and oxygen atoms in total. The molecule has 0 saturated heterocycles. The molecule has 0 fully saturated rings. The van der Waals surface area contributed by atoms with Crippen molar-refractivity contribution in [2.75, 3.05) is 18.7 Å². The molecule has 1 N–H and O–H groups in total. The second kappa shape index (κ2) is 9.73. The molecule has 0 atom stereocenters. The van der Waals surface area contributed by atoms with Crippen molar-refractivity contribution in [3.8, 4) is 28.7 Å². The van der Waals surface area contributed by atoms with E-state index in [2.05, 4.69) is 5.32 Å². The molecule has 0 spiro atoms. The van der Waals surface area contributed by atoms with Gasteiger partial charge in [-0.1, -0.05) is 12.1 Å². The van der Waals surface area contributed by atoms with Crippen LogP contribution in [-0.2, 0) is 4.79 Å². The number of nitrogens with zero attached hydrogens (tertiary/aromatic N) is 1. The number of para-hydroxylation sites is 2. The van der Waals surface area contributed by atoms with Crippen molar-refractivity contribution in [2.24, 2.45) is 0 Å². The van der Waals surface area contributed by atoms with Crippen LogP contribution in [0.3, 0.4) is 0 Å². The number of nitro groups is 1. The Morgan fingerprint density at radius 1 is 1.09 bits per heavy atom. The number of hydrogen-bond acceptors (Lipinski definition) is 7. The fourth-order valence-electron chi connectivity index (χ4n) is 3.13. The number of hydrogen-bond donors (Lipinski definition) is 1. The van der Waals surface area contributed by atoms with Gasteiger partial charge in [0.15, 0.2) is 17.2 Å². The highest BCUT2D eigenvalue weighted by Crippen LogP contribution is 2.38. The lowest BCUT2D eigenvalue weighted by atomic mass is 10.1. The van der Waals surface area contributed by atoms with Gasteiger partial charge < -0.3 is 24.3 Å². The first-order valence-electron chi connectivity index (χ1n) is 10.1. The number of benzene rings is 3. The van der Waals surface area contributed by atoms with Crippen LogP contribution in [0.25, 0.3) is 6.08 Å². The molecule has 1 aliphatic heterocycles. The van der Waals surface area contributed by atoms with Crippen LogP contribution >= 0.6 is 0 Å². The molecule has 0 unspecified atom stereocenters. The second-order valence-electron chi connectivity index (χ2n) is 6.85. The van der Waals surface area contributed by atoms with Crippen molar-refractivity contribution in [2.45, 2.75) is 6.92 Å². The van der Waals surface area contributed by atoms with Gasteiger partial charge in [0.25, 0.3) is 5.69 Å². The molecular formula is C24H20N2O7. The van der Waals surface area contributed by atoms with Crippen LogP contribution in [-0.4, -0.2) is 24.2 Å². The minimum absolute atomic E-state index is 0.00865. The zero-order chi connectivity index (χ0) is 23.2. The van der Waals surface area contributed by atoms with E-state index in [1.165, 1.54) is 24.3 Å². The third-order valence-electron chi connectivity index (χ3n) is 4.64. The summed E-state index contributed by atoms with van der Waals surface area (Å²) in [6.45, 7) is 2.46. The Labute approximate surface area is 189 Å². The maximum absolute atomic E-state index is 12.5. The molecule has 9 heteroatoms. The first kappa shape index (κ1) is 21.7. The van der Waals surface area contributed by atoms with Crippen LogP contribution < -0.4 is 24.3 Å². The number of anilines is 1. The van der Waals surface area contributed by atoms with Crippen molar-refractivity contribution in [3.05, 3.63) is 82.4 Å². The minimum Gasteiger partial charge on any atom is -0.494 e. The van der Waals surface area contributed by atoms with Crippen molar-refractivity contribution < 1.29 is 28.7 Å². The quantitative estimate of drug-likeness (QED) is 0.288. The predicted molar refractivity (Wildman–Crippen MR) is 121 cm³/mol.